The summed E-state index contributed by atoms with van der Waals surface area (Å²) in [6.45, 7) is 5.83. The molecule has 0 aromatic heterocycles. The third-order valence-electron chi connectivity index (χ3n) is 3.24. The van der Waals surface area contributed by atoms with Crippen LogP contribution in [0.1, 0.15) is 52.9 Å². The van der Waals surface area contributed by atoms with Crippen molar-refractivity contribution in [3.05, 3.63) is 0 Å². The highest BCUT2D eigenvalue weighted by Gasteiger charge is 2.31. The molecule has 1 atom stereocenters. The Hall–Kier alpha value is -0.130. The van der Waals surface area contributed by atoms with E-state index < -0.39 is 15.6 Å². The van der Waals surface area contributed by atoms with Crippen molar-refractivity contribution in [3.63, 3.8) is 0 Å². The molecule has 1 fully saturated rings. The Bertz CT molecular complexity index is 330. The molecule has 0 saturated heterocycles. The molecule has 0 heterocycles. The van der Waals surface area contributed by atoms with Gasteiger partial charge < -0.3 is 5.11 Å². The molecule has 1 aliphatic carbocycles. The lowest BCUT2D eigenvalue weighted by Crippen LogP contribution is -2.44. The molecule has 2 N–H and O–H groups in total. The van der Waals surface area contributed by atoms with Gasteiger partial charge in [-0.15, -0.1) is 0 Å². The standard InChI is InChI=1S/C12H25NO3S/c1-10(2)8-12(3,14)9-13-17(15,16)11-6-4-5-7-11/h10-11,13-14H,4-9H2,1-3H3. The topological polar surface area (TPSA) is 66.4 Å². The van der Waals surface area contributed by atoms with Gasteiger partial charge in [0.05, 0.1) is 10.9 Å². The lowest BCUT2D eigenvalue weighted by molar-refractivity contribution is 0.0436. The number of hydrogen-bond donors (Lipinski definition) is 2. The van der Waals surface area contributed by atoms with E-state index in [1.807, 2.05) is 13.8 Å². The largest absolute Gasteiger partial charge is 0.389 e. The van der Waals surface area contributed by atoms with Gasteiger partial charge in [-0.2, -0.15) is 0 Å². The Morgan fingerprint density at radius 2 is 1.88 bits per heavy atom. The Labute approximate surface area is 105 Å². The van der Waals surface area contributed by atoms with Crippen LogP contribution in [0, 0.1) is 5.92 Å². The van der Waals surface area contributed by atoms with Crippen molar-refractivity contribution in [3.8, 4) is 0 Å². The Morgan fingerprint density at radius 3 is 2.35 bits per heavy atom. The van der Waals surface area contributed by atoms with Gasteiger partial charge in [0.2, 0.25) is 10.0 Å². The summed E-state index contributed by atoms with van der Waals surface area (Å²) < 4.78 is 26.5. The summed E-state index contributed by atoms with van der Waals surface area (Å²) in [6, 6.07) is 0. The summed E-state index contributed by atoms with van der Waals surface area (Å²) in [6.07, 6.45) is 4.09. The average molecular weight is 263 g/mol. The molecule has 1 aliphatic rings. The maximum atomic E-state index is 11.9. The average Bonchev–Trinajstić information content (AvgIpc) is 2.66. The molecule has 4 nitrogen and oxygen atoms in total. The number of aliphatic hydroxyl groups is 1. The predicted octanol–water partition coefficient (Wildman–Crippen LogP) is 1.65. The van der Waals surface area contributed by atoms with Gasteiger partial charge in [0, 0.05) is 6.54 Å². The van der Waals surface area contributed by atoms with E-state index in [4.69, 9.17) is 0 Å². The summed E-state index contributed by atoms with van der Waals surface area (Å²) in [5, 5.41) is 9.81. The van der Waals surface area contributed by atoms with Crippen LogP contribution < -0.4 is 4.72 Å². The first kappa shape index (κ1) is 14.9. The van der Waals surface area contributed by atoms with Crippen LogP contribution in [-0.2, 0) is 10.0 Å². The smallest absolute Gasteiger partial charge is 0.214 e. The third kappa shape index (κ3) is 4.94. The van der Waals surface area contributed by atoms with Crippen LogP contribution in [0.15, 0.2) is 0 Å². The summed E-state index contributed by atoms with van der Waals surface area (Å²) in [5.41, 5.74) is -0.958. The first-order valence-corrected chi connectivity index (χ1v) is 7.98. The van der Waals surface area contributed by atoms with Crippen molar-refractivity contribution in [2.24, 2.45) is 5.92 Å². The van der Waals surface area contributed by atoms with Crippen molar-refractivity contribution >= 4 is 10.0 Å². The highest BCUT2D eigenvalue weighted by molar-refractivity contribution is 7.90. The number of sulfonamides is 1. The molecule has 17 heavy (non-hydrogen) atoms. The van der Waals surface area contributed by atoms with Crippen LogP contribution in [0.3, 0.4) is 0 Å². The predicted molar refractivity (Wildman–Crippen MR) is 69.3 cm³/mol. The van der Waals surface area contributed by atoms with Crippen molar-refractivity contribution < 1.29 is 13.5 Å². The van der Waals surface area contributed by atoms with E-state index in [0.29, 0.717) is 12.3 Å². The molecule has 0 bridgehead atoms. The van der Waals surface area contributed by atoms with Crippen LogP contribution in [-0.4, -0.2) is 30.9 Å². The monoisotopic (exact) mass is 263 g/mol. The summed E-state index contributed by atoms with van der Waals surface area (Å²) in [4.78, 5) is 0. The van der Waals surface area contributed by atoms with Gasteiger partial charge in [0.25, 0.3) is 0 Å². The van der Waals surface area contributed by atoms with Crippen molar-refractivity contribution in [1.29, 1.82) is 0 Å². The first-order chi connectivity index (χ1) is 7.73. The molecule has 0 aliphatic heterocycles. The molecule has 0 radical (unpaired) electrons. The highest BCUT2D eigenvalue weighted by atomic mass is 32.2. The minimum Gasteiger partial charge on any atom is -0.389 e. The summed E-state index contributed by atoms with van der Waals surface area (Å²) in [7, 11) is -3.24. The molecule has 1 rings (SSSR count). The van der Waals surface area contributed by atoms with E-state index in [0.717, 1.165) is 25.7 Å². The Balaban J connectivity index is 2.48. The van der Waals surface area contributed by atoms with Gasteiger partial charge in [-0.25, -0.2) is 13.1 Å². The molecule has 0 aromatic carbocycles. The zero-order valence-electron chi connectivity index (χ0n) is 11.1. The van der Waals surface area contributed by atoms with Crippen LogP contribution in [0.5, 0.6) is 0 Å². The quantitative estimate of drug-likeness (QED) is 0.765. The van der Waals surface area contributed by atoms with E-state index in [-0.39, 0.29) is 11.8 Å². The fourth-order valence-corrected chi connectivity index (χ4v) is 4.23. The van der Waals surface area contributed by atoms with Crippen LogP contribution >= 0.6 is 0 Å². The third-order valence-corrected chi connectivity index (χ3v) is 5.14. The second-order valence-corrected chi connectivity index (χ2v) is 7.91. The molecule has 0 amide bonds. The van der Waals surface area contributed by atoms with Gasteiger partial charge in [-0.3, -0.25) is 0 Å². The zero-order chi connectivity index (χ0) is 13.1. The molecule has 0 aromatic rings. The van der Waals surface area contributed by atoms with E-state index in [1.165, 1.54) is 0 Å². The minimum absolute atomic E-state index is 0.115. The molecule has 102 valence electrons. The zero-order valence-corrected chi connectivity index (χ0v) is 11.9. The number of rotatable bonds is 6. The first-order valence-electron chi connectivity index (χ1n) is 6.44. The van der Waals surface area contributed by atoms with Gasteiger partial charge in [0.15, 0.2) is 0 Å². The van der Waals surface area contributed by atoms with E-state index >= 15 is 0 Å². The normalized spacial score (nSPS) is 21.9. The van der Waals surface area contributed by atoms with E-state index in [1.54, 1.807) is 6.92 Å². The van der Waals surface area contributed by atoms with Gasteiger partial charge in [-0.1, -0.05) is 26.7 Å². The second kappa shape index (κ2) is 5.67. The molecule has 1 saturated carbocycles. The maximum Gasteiger partial charge on any atom is 0.214 e. The fraction of sp³-hybridized carbons (Fsp3) is 1.00. The fourth-order valence-electron chi connectivity index (χ4n) is 2.52. The van der Waals surface area contributed by atoms with Gasteiger partial charge >= 0.3 is 0 Å². The molecule has 5 heteroatoms. The second-order valence-electron chi connectivity index (χ2n) is 5.87. The van der Waals surface area contributed by atoms with Crippen LogP contribution in [0.4, 0.5) is 0 Å². The van der Waals surface area contributed by atoms with Crippen molar-refractivity contribution in [1.82, 2.24) is 4.72 Å². The Kier molecular flexibility index (Phi) is 4.98. The molecular formula is C12H25NO3S. The molecule has 0 spiro atoms. The van der Waals surface area contributed by atoms with Gasteiger partial charge in [-0.05, 0) is 32.1 Å². The number of hydrogen-bond acceptors (Lipinski definition) is 3. The maximum absolute atomic E-state index is 11.9. The lowest BCUT2D eigenvalue weighted by atomic mass is 9.95. The minimum atomic E-state index is -3.24. The molecular weight excluding hydrogens is 238 g/mol. The van der Waals surface area contributed by atoms with Crippen molar-refractivity contribution in [2.45, 2.75) is 63.7 Å². The SMILES string of the molecule is CC(C)CC(C)(O)CNS(=O)(=O)C1CCCC1. The van der Waals surface area contributed by atoms with Crippen LogP contribution in [0.25, 0.3) is 0 Å². The van der Waals surface area contributed by atoms with Gasteiger partial charge in [0.1, 0.15) is 0 Å². The number of nitrogens with one attached hydrogen (secondary N) is 1. The molecule has 1 unspecified atom stereocenters. The Morgan fingerprint density at radius 1 is 1.35 bits per heavy atom. The summed E-state index contributed by atoms with van der Waals surface area (Å²) in [5.74, 6) is 0.348. The van der Waals surface area contributed by atoms with E-state index in [9.17, 15) is 13.5 Å². The summed E-state index contributed by atoms with van der Waals surface area (Å²) >= 11 is 0. The highest BCUT2D eigenvalue weighted by Crippen LogP contribution is 2.24. The van der Waals surface area contributed by atoms with Crippen molar-refractivity contribution in [2.75, 3.05) is 6.54 Å². The van der Waals surface area contributed by atoms with Crippen LogP contribution in [0.2, 0.25) is 0 Å². The van der Waals surface area contributed by atoms with E-state index in [2.05, 4.69) is 4.72 Å². The lowest BCUT2D eigenvalue weighted by Gasteiger charge is -2.26.